The van der Waals surface area contributed by atoms with Crippen molar-refractivity contribution in [1.29, 1.82) is 0 Å². The Labute approximate surface area is 113 Å². The van der Waals surface area contributed by atoms with E-state index in [2.05, 4.69) is 16.7 Å². The molecular weight excluding hydrogens is 220 g/mol. The fourth-order valence-corrected chi connectivity index (χ4v) is 4.34. The van der Waals surface area contributed by atoms with E-state index in [-0.39, 0.29) is 0 Å². The second-order valence-corrected chi connectivity index (χ2v) is 6.92. The first-order chi connectivity index (χ1) is 8.83. The molecule has 1 heterocycles. The monoisotopic (exact) mass is 250 g/mol. The van der Waals surface area contributed by atoms with Gasteiger partial charge in [-0.2, -0.15) is 0 Å². The highest BCUT2D eigenvalue weighted by atomic mass is 15.3. The molecule has 3 aliphatic rings. The Morgan fingerprint density at radius 2 is 1.06 bits per heavy atom. The van der Waals surface area contributed by atoms with Crippen LogP contribution >= 0.6 is 0 Å². The van der Waals surface area contributed by atoms with Gasteiger partial charge in [0.05, 0.1) is 0 Å². The van der Waals surface area contributed by atoms with E-state index in [0.29, 0.717) is 0 Å². The first-order valence-corrected chi connectivity index (χ1v) is 8.31. The second-order valence-electron chi connectivity index (χ2n) is 6.92. The van der Waals surface area contributed by atoms with Crippen LogP contribution in [0, 0.1) is 5.92 Å². The smallest absolute Gasteiger partial charge is 0.0113 e. The van der Waals surface area contributed by atoms with Crippen molar-refractivity contribution in [2.75, 3.05) is 26.2 Å². The van der Waals surface area contributed by atoms with Gasteiger partial charge in [-0.25, -0.2) is 0 Å². The standard InChI is InChI=1S/C16H30N2/c1-14-6-8-16(9-7-14)18-12-10-17(11-13-18)15-4-2-3-5-15/h14-16H,2-13H2,1H3. The van der Waals surface area contributed by atoms with Crippen LogP contribution in [0.4, 0.5) is 0 Å². The maximum atomic E-state index is 2.80. The molecule has 0 aromatic carbocycles. The molecule has 2 heteroatoms. The Hall–Kier alpha value is -0.0800. The first-order valence-electron chi connectivity index (χ1n) is 8.31. The van der Waals surface area contributed by atoms with Gasteiger partial charge in [0, 0.05) is 38.3 Å². The molecule has 0 aromatic rings. The van der Waals surface area contributed by atoms with Crippen LogP contribution in [0.2, 0.25) is 0 Å². The van der Waals surface area contributed by atoms with Crippen LogP contribution in [0.25, 0.3) is 0 Å². The van der Waals surface area contributed by atoms with Crippen LogP contribution in [-0.2, 0) is 0 Å². The fourth-order valence-electron chi connectivity index (χ4n) is 4.34. The molecular formula is C16H30N2. The van der Waals surface area contributed by atoms with Crippen molar-refractivity contribution in [3.8, 4) is 0 Å². The average molecular weight is 250 g/mol. The summed E-state index contributed by atoms with van der Waals surface area (Å²) in [5.41, 5.74) is 0. The lowest BCUT2D eigenvalue weighted by molar-refractivity contribution is 0.0528. The third-order valence-electron chi connectivity index (χ3n) is 5.69. The van der Waals surface area contributed by atoms with Crippen LogP contribution in [-0.4, -0.2) is 48.1 Å². The van der Waals surface area contributed by atoms with Crippen LogP contribution in [0.15, 0.2) is 0 Å². The van der Waals surface area contributed by atoms with Crippen molar-refractivity contribution in [2.24, 2.45) is 5.92 Å². The molecule has 0 aromatic heterocycles. The van der Waals surface area contributed by atoms with E-state index < -0.39 is 0 Å². The van der Waals surface area contributed by atoms with Crippen LogP contribution in [0.3, 0.4) is 0 Å². The lowest BCUT2D eigenvalue weighted by Gasteiger charge is -2.43. The van der Waals surface area contributed by atoms with Gasteiger partial charge in [-0.3, -0.25) is 9.80 Å². The first kappa shape index (κ1) is 12.9. The molecule has 18 heavy (non-hydrogen) atoms. The second kappa shape index (κ2) is 5.92. The average Bonchev–Trinajstić information content (AvgIpc) is 2.94. The highest BCUT2D eigenvalue weighted by Gasteiger charge is 2.30. The summed E-state index contributed by atoms with van der Waals surface area (Å²) in [6.07, 6.45) is 11.8. The molecule has 2 saturated carbocycles. The third-order valence-corrected chi connectivity index (χ3v) is 5.69. The van der Waals surface area contributed by atoms with Gasteiger partial charge in [0.15, 0.2) is 0 Å². The Morgan fingerprint density at radius 1 is 0.611 bits per heavy atom. The van der Waals surface area contributed by atoms with E-state index in [4.69, 9.17) is 0 Å². The van der Waals surface area contributed by atoms with Crippen LogP contribution in [0.1, 0.15) is 58.3 Å². The summed E-state index contributed by atoms with van der Waals surface area (Å²) in [6, 6.07) is 1.87. The molecule has 0 unspecified atom stereocenters. The number of hydrogen-bond acceptors (Lipinski definition) is 2. The Morgan fingerprint density at radius 3 is 1.56 bits per heavy atom. The van der Waals surface area contributed by atoms with E-state index in [0.717, 1.165) is 18.0 Å². The van der Waals surface area contributed by atoms with Gasteiger partial charge in [0.1, 0.15) is 0 Å². The van der Waals surface area contributed by atoms with Gasteiger partial charge in [0.25, 0.3) is 0 Å². The molecule has 3 fully saturated rings. The molecule has 0 amide bonds. The van der Waals surface area contributed by atoms with Gasteiger partial charge in [-0.15, -0.1) is 0 Å². The largest absolute Gasteiger partial charge is 0.298 e. The summed E-state index contributed by atoms with van der Waals surface area (Å²) in [5.74, 6) is 0.987. The number of hydrogen-bond donors (Lipinski definition) is 0. The lowest BCUT2D eigenvalue weighted by Crippen LogP contribution is -2.53. The van der Waals surface area contributed by atoms with Crippen molar-refractivity contribution in [3.05, 3.63) is 0 Å². The van der Waals surface area contributed by atoms with E-state index in [9.17, 15) is 0 Å². The van der Waals surface area contributed by atoms with Crippen molar-refractivity contribution >= 4 is 0 Å². The Bertz CT molecular complexity index is 244. The zero-order chi connectivity index (χ0) is 12.4. The summed E-state index contributed by atoms with van der Waals surface area (Å²) in [6.45, 7) is 7.80. The summed E-state index contributed by atoms with van der Waals surface area (Å²) < 4.78 is 0. The van der Waals surface area contributed by atoms with Gasteiger partial charge >= 0.3 is 0 Å². The van der Waals surface area contributed by atoms with Crippen molar-refractivity contribution in [1.82, 2.24) is 9.80 Å². The molecule has 0 radical (unpaired) electrons. The highest BCUT2D eigenvalue weighted by molar-refractivity contribution is 4.86. The lowest BCUT2D eigenvalue weighted by atomic mass is 9.86. The summed E-state index contributed by atoms with van der Waals surface area (Å²) in [5, 5.41) is 0. The fraction of sp³-hybridized carbons (Fsp3) is 1.00. The molecule has 2 aliphatic carbocycles. The van der Waals surface area contributed by atoms with Crippen molar-refractivity contribution < 1.29 is 0 Å². The molecule has 3 rings (SSSR count). The molecule has 0 spiro atoms. The zero-order valence-electron chi connectivity index (χ0n) is 12.1. The van der Waals surface area contributed by atoms with Gasteiger partial charge in [-0.05, 0) is 44.4 Å². The number of nitrogens with zero attached hydrogens (tertiary/aromatic N) is 2. The van der Waals surface area contributed by atoms with E-state index in [1.165, 1.54) is 77.5 Å². The maximum absolute atomic E-state index is 2.80. The molecule has 0 atom stereocenters. The molecule has 1 saturated heterocycles. The quantitative estimate of drug-likeness (QED) is 0.743. The normalized spacial score (nSPS) is 37.2. The minimum Gasteiger partial charge on any atom is -0.298 e. The predicted molar refractivity (Wildman–Crippen MR) is 76.8 cm³/mol. The number of piperazine rings is 1. The molecule has 1 aliphatic heterocycles. The minimum atomic E-state index is 0.923. The van der Waals surface area contributed by atoms with Gasteiger partial charge in [-0.1, -0.05) is 19.8 Å². The zero-order valence-corrected chi connectivity index (χ0v) is 12.1. The minimum absolute atomic E-state index is 0.923. The Balaban J connectivity index is 1.44. The third kappa shape index (κ3) is 2.91. The summed E-state index contributed by atoms with van der Waals surface area (Å²) >= 11 is 0. The van der Waals surface area contributed by atoms with Crippen molar-refractivity contribution in [3.63, 3.8) is 0 Å². The van der Waals surface area contributed by atoms with E-state index in [1.807, 2.05) is 0 Å². The van der Waals surface area contributed by atoms with Crippen LogP contribution < -0.4 is 0 Å². The maximum Gasteiger partial charge on any atom is 0.0113 e. The summed E-state index contributed by atoms with van der Waals surface area (Å²) in [7, 11) is 0. The van der Waals surface area contributed by atoms with E-state index >= 15 is 0 Å². The van der Waals surface area contributed by atoms with Gasteiger partial charge in [0.2, 0.25) is 0 Å². The Kier molecular flexibility index (Phi) is 4.25. The van der Waals surface area contributed by atoms with Gasteiger partial charge < -0.3 is 0 Å². The van der Waals surface area contributed by atoms with Crippen LogP contribution in [0.5, 0.6) is 0 Å². The number of rotatable bonds is 2. The summed E-state index contributed by atoms with van der Waals surface area (Å²) in [4.78, 5) is 5.59. The molecule has 0 N–H and O–H groups in total. The van der Waals surface area contributed by atoms with E-state index in [1.54, 1.807) is 0 Å². The van der Waals surface area contributed by atoms with Crippen molar-refractivity contribution in [2.45, 2.75) is 70.4 Å². The molecule has 0 bridgehead atoms. The molecule has 2 nitrogen and oxygen atoms in total. The predicted octanol–water partition coefficient (Wildman–Crippen LogP) is 3.13. The molecule has 104 valence electrons. The highest BCUT2D eigenvalue weighted by Crippen LogP contribution is 2.29. The topological polar surface area (TPSA) is 6.48 Å². The SMILES string of the molecule is CC1CCC(N2CCN(C3CCCC3)CC2)CC1.